The first-order valence-corrected chi connectivity index (χ1v) is 10.8. The van der Waals surface area contributed by atoms with Gasteiger partial charge in [-0.3, -0.25) is 4.79 Å². The second-order valence-corrected chi connectivity index (χ2v) is 7.98. The minimum atomic E-state index is -0.0498. The summed E-state index contributed by atoms with van der Waals surface area (Å²) >= 11 is 0. The number of carbonyl (C=O) groups excluding carboxylic acids is 1. The van der Waals surface area contributed by atoms with E-state index in [0.717, 1.165) is 44.0 Å². The van der Waals surface area contributed by atoms with Gasteiger partial charge < -0.3 is 19.9 Å². The Balaban J connectivity index is 1.25. The number of rotatable bonds is 7. The zero-order chi connectivity index (χ0) is 21.5. The van der Waals surface area contributed by atoms with Crippen molar-refractivity contribution in [1.29, 1.82) is 0 Å². The fourth-order valence-corrected chi connectivity index (χ4v) is 3.99. The van der Waals surface area contributed by atoms with Gasteiger partial charge in [0.2, 0.25) is 0 Å². The van der Waals surface area contributed by atoms with E-state index in [4.69, 9.17) is 4.74 Å². The predicted molar refractivity (Wildman–Crippen MR) is 124 cm³/mol. The number of methoxy groups -OCH3 is 1. The number of anilines is 1. The van der Waals surface area contributed by atoms with E-state index in [1.165, 1.54) is 11.3 Å². The van der Waals surface area contributed by atoms with E-state index < -0.39 is 0 Å². The van der Waals surface area contributed by atoms with E-state index in [1.54, 1.807) is 12.0 Å². The van der Waals surface area contributed by atoms with Crippen LogP contribution in [-0.4, -0.2) is 39.2 Å². The third-order valence-electron chi connectivity index (χ3n) is 5.87. The van der Waals surface area contributed by atoms with Gasteiger partial charge in [0.1, 0.15) is 12.3 Å². The summed E-state index contributed by atoms with van der Waals surface area (Å²) in [6, 6.07) is 26.4. The first-order chi connectivity index (χ1) is 15.2. The molecule has 0 spiro atoms. The Morgan fingerprint density at radius 1 is 0.903 bits per heavy atom. The average molecular weight is 417 g/mol. The first-order valence-electron chi connectivity index (χ1n) is 10.8. The van der Waals surface area contributed by atoms with Crippen LogP contribution in [0.25, 0.3) is 0 Å². The second kappa shape index (κ2) is 10.1. The molecular weight excluding hydrogens is 386 g/mol. The molecule has 1 aliphatic heterocycles. The van der Waals surface area contributed by atoms with Crippen LogP contribution in [0.2, 0.25) is 0 Å². The van der Waals surface area contributed by atoms with Crippen LogP contribution < -0.4 is 19.9 Å². The molecule has 1 heterocycles. The van der Waals surface area contributed by atoms with Crippen molar-refractivity contribution in [1.82, 2.24) is 5.32 Å². The first kappa shape index (κ1) is 20.9. The fraction of sp³-hybridized carbons (Fsp3) is 0.269. The molecule has 0 aromatic heterocycles. The zero-order valence-corrected chi connectivity index (χ0v) is 18.0. The van der Waals surface area contributed by atoms with E-state index in [2.05, 4.69) is 52.7 Å². The molecule has 160 valence electrons. The lowest BCUT2D eigenvalue weighted by molar-refractivity contribution is -0.914. The Bertz CT molecular complexity index is 964. The molecule has 1 saturated heterocycles. The number of ether oxygens (including phenoxy) is 1. The van der Waals surface area contributed by atoms with E-state index in [0.29, 0.717) is 12.1 Å². The lowest BCUT2D eigenvalue weighted by atomic mass is 10.1. The molecule has 5 nitrogen and oxygen atoms in total. The predicted octanol–water partition coefficient (Wildman–Crippen LogP) is 2.53. The number of nitrogens with one attached hydrogen (secondary N) is 2. The fourth-order valence-electron chi connectivity index (χ4n) is 3.99. The Morgan fingerprint density at radius 2 is 1.55 bits per heavy atom. The molecule has 0 atom stereocenters. The Hall–Kier alpha value is -3.31. The molecule has 4 rings (SSSR count). The number of amides is 1. The molecule has 0 aliphatic carbocycles. The minimum Gasteiger partial charge on any atom is -0.497 e. The molecule has 0 radical (unpaired) electrons. The maximum Gasteiger partial charge on any atom is 0.251 e. The van der Waals surface area contributed by atoms with Crippen molar-refractivity contribution in [3.8, 4) is 5.75 Å². The van der Waals surface area contributed by atoms with E-state index in [1.807, 2.05) is 36.4 Å². The van der Waals surface area contributed by atoms with Gasteiger partial charge >= 0.3 is 0 Å². The van der Waals surface area contributed by atoms with Gasteiger partial charge in [0.25, 0.3) is 5.91 Å². The standard InChI is InChI=1S/C26H29N3O2/c1-31-25-13-9-21(10-14-25)19-27-26(30)23-11-7-22(8-12-23)20-28-15-17-29(18-16-28)24-5-3-2-4-6-24/h2-14H,15-20H2,1H3,(H,27,30)/p+1. The molecule has 1 aliphatic rings. The largest absolute Gasteiger partial charge is 0.497 e. The summed E-state index contributed by atoms with van der Waals surface area (Å²) in [5, 5.41) is 2.98. The van der Waals surface area contributed by atoms with Crippen LogP contribution in [0.3, 0.4) is 0 Å². The summed E-state index contributed by atoms with van der Waals surface area (Å²) in [6.45, 7) is 5.89. The van der Waals surface area contributed by atoms with Crippen LogP contribution >= 0.6 is 0 Å². The Morgan fingerprint density at radius 3 is 2.19 bits per heavy atom. The lowest BCUT2D eigenvalue weighted by Crippen LogP contribution is -3.13. The van der Waals surface area contributed by atoms with E-state index >= 15 is 0 Å². The molecular formula is C26H30N3O2+. The molecule has 31 heavy (non-hydrogen) atoms. The van der Waals surface area contributed by atoms with E-state index in [-0.39, 0.29) is 5.91 Å². The highest BCUT2D eigenvalue weighted by molar-refractivity contribution is 5.94. The molecule has 0 unspecified atom stereocenters. The quantitative estimate of drug-likeness (QED) is 0.622. The van der Waals surface area contributed by atoms with Gasteiger partial charge in [-0.05, 0) is 42.0 Å². The number of para-hydroxylation sites is 1. The normalized spacial score (nSPS) is 14.3. The third kappa shape index (κ3) is 5.64. The Labute approximate surface area is 184 Å². The lowest BCUT2D eigenvalue weighted by Gasteiger charge is -2.33. The minimum absolute atomic E-state index is 0.0498. The van der Waals surface area contributed by atoms with E-state index in [9.17, 15) is 4.79 Å². The van der Waals surface area contributed by atoms with Crippen molar-refractivity contribution < 1.29 is 14.4 Å². The average Bonchev–Trinajstić information content (AvgIpc) is 2.84. The molecule has 1 amide bonds. The van der Waals surface area contributed by atoms with Gasteiger partial charge in [-0.2, -0.15) is 0 Å². The number of carbonyl (C=O) groups is 1. The van der Waals surface area contributed by atoms with Gasteiger partial charge in [-0.1, -0.05) is 42.5 Å². The number of nitrogens with zero attached hydrogens (tertiary/aromatic N) is 1. The van der Waals surface area contributed by atoms with Crippen molar-refractivity contribution >= 4 is 11.6 Å². The number of quaternary nitrogens is 1. The third-order valence-corrected chi connectivity index (χ3v) is 5.87. The van der Waals surface area contributed by atoms with Gasteiger partial charge in [-0.15, -0.1) is 0 Å². The SMILES string of the molecule is COc1ccc(CNC(=O)c2ccc(C[NH+]3CCN(c4ccccc4)CC3)cc2)cc1. The van der Waals surface area contributed by atoms with Crippen LogP contribution in [-0.2, 0) is 13.1 Å². The maximum absolute atomic E-state index is 12.5. The monoisotopic (exact) mass is 416 g/mol. The number of piperazine rings is 1. The molecule has 3 aromatic carbocycles. The molecule has 0 bridgehead atoms. The zero-order valence-electron chi connectivity index (χ0n) is 18.0. The smallest absolute Gasteiger partial charge is 0.251 e. The maximum atomic E-state index is 12.5. The molecule has 1 fully saturated rings. The van der Waals surface area contributed by atoms with Crippen molar-refractivity contribution in [3.63, 3.8) is 0 Å². The molecule has 5 heteroatoms. The van der Waals surface area contributed by atoms with Gasteiger partial charge in [0.05, 0.1) is 33.3 Å². The van der Waals surface area contributed by atoms with Crippen molar-refractivity contribution in [2.75, 3.05) is 38.2 Å². The summed E-state index contributed by atoms with van der Waals surface area (Å²) in [5.74, 6) is 0.764. The summed E-state index contributed by atoms with van der Waals surface area (Å²) in [7, 11) is 1.65. The van der Waals surface area contributed by atoms with Crippen molar-refractivity contribution in [3.05, 3.63) is 95.6 Å². The highest BCUT2D eigenvalue weighted by atomic mass is 16.5. The Kier molecular flexibility index (Phi) is 6.85. The van der Waals surface area contributed by atoms with Crippen molar-refractivity contribution in [2.24, 2.45) is 0 Å². The summed E-state index contributed by atoms with van der Waals surface area (Å²) in [5.41, 5.74) is 4.33. The van der Waals surface area contributed by atoms with Gasteiger partial charge in [0, 0.05) is 23.4 Å². The van der Waals surface area contributed by atoms with Crippen LogP contribution in [0.4, 0.5) is 5.69 Å². The topological polar surface area (TPSA) is 46.0 Å². The summed E-state index contributed by atoms with van der Waals surface area (Å²) < 4.78 is 5.16. The van der Waals surface area contributed by atoms with Gasteiger partial charge in [0.15, 0.2) is 0 Å². The van der Waals surface area contributed by atoms with Crippen LogP contribution in [0.5, 0.6) is 5.75 Å². The number of benzene rings is 3. The number of hydrogen-bond donors (Lipinski definition) is 2. The second-order valence-electron chi connectivity index (χ2n) is 7.98. The summed E-state index contributed by atoms with van der Waals surface area (Å²) in [4.78, 5) is 16.5. The van der Waals surface area contributed by atoms with Gasteiger partial charge in [-0.25, -0.2) is 0 Å². The van der Waals surface area contributed by atoms with Crippen LogP contribution in [0, 0.1) is 0 Å². The number of hydrogen-bond acceptors (Lipinski definition) is 3. The highest BCUT2D eigenvalue weighted by Gasteiger charge is 2.20. The van der Waals surface area contributed by atoms with Crippen LogP contribution in [0.1, 0.15) is 21.5 Å². The molecule has 2 N–H and O–H groups in total. The van der Waals surface area contributed by atoms with Crippen LogP contribution in [0.15, 0.2) is 78.9 Å². The molecule has 0 saturated carbocycles. The summed E-state index contributed by atoms with van der Waals surface area (Å²) in [6.07, 6.45) is 0. The highest BCUT2D eigenvalue weighted by Crippen LogP contribution is 2.13. The molecule has 3 aromatic rings. The van der Waals surface area contributed by atoms with Crippen molar-refractivity contribution in [2.45, 2.75) is 13.1 Å².